The topological polar surface area (TPSA) is 173 Å². The Morgan fingerprint density at radius 2 is 1.24 bits per heavy atom. The maximum absolute atomic E-state index is 13.7. The lowest BCUT2D eigenvalue weighted by Gasteiger charge is -2.06. The van der Waals surface area contributed by atoms with Crippen molar-refractivity contribution in [1.29, 1.82) is 0 Å². The summed E-state index contributed by atoms with van der Waals surface area (Å²) in [6.45, 7) is 0. The van der Waals surface area contributed by atoms with Crippen molar-refractivity contribution in [2.24, 2.45) is 5.73 Å². The predicted molar refractivity (Wildman–Crippen MR) is 139 cm³/mol. The van der Waals surface area contributed by atoms with Crippen LogP contribution in [0.5, 0.6) is 0 Å². The molecular weight excluding hydrogens is 620 g/mol. The lowest BCUT2D eigenvalue weighted by atomic mass is 10.1. The molecular formula is C23H17Br2F2N7O3. The lowest BCUT2D eigenvalue weighted by molar-refractivity contribution is 0.0595. The number of rotatable bonds is 4. The fourth-order valence-corrected chi connectivity index (χ4v) is 3.59. The van der Waals surface area contributed by atoms with E-state index in [0.717, 1.165) is 0 Å². The van der Waals surface area contributed by atoms with E-state index in [1.54, 1.807) is 12.1 Å². The predicted octanol–water partition coefficient (Wildman–Crippen LogP) is 4.14. The summed E-state index contributed by atoms with van der Waals surface area (Å²) in [4.78, 5) is 38.1. The molecule has 4 rings (SSSR count). The second kappa shape index (κ2) is 11.8. The summed E-state index contributed by atoms with van der Waals surface area (Å²) in [5.74, 6) is -2.63. The number of ether oxygens (including phenoxy) is 1. The van der Waals surface area contributed by atoms with Gasteiger partial charge in [-0.2, -0.15) is 0 Å². The maximum atomic E-state index is 13.7. The second-order valence-electron chi connectivity index (χ2n) is 7.08. The van der Waals surface area contributed by atoms with Crippen LogP contribution in [0.2, 0.25) is 0 Å². The van der Waals surface area contributed by atoms with Gasteiger partial charge in [-0.25, -0.2) is 33.5 Å². The quantitative estimate of drug-likeness (QED) is 0.278. The molecule has 0 radical (unpaired) electrons. The van der Waals surface area contributed by atoms with Gasteiger partial charge < -0.3 is 21.9 Å². The highest BCUT2D eigenvalue weighted by molar-refractivity contribution is 9.10. The second-order valence-corrected chi connectivity index (χ2v) is 8.91. The summed E-state index contributed by atoms with van der Waals surface area (Å²) in [6.07, 6.45) is 2.58. The highest BCUT2D eigenvalue weighted by Crippen LogP contribution is 2.26. The smallest absolute Gasteiger partial charge is 0.360 e. The van der Waals surface area contributed by atoms with E-state index in [1.165, 1.54) is 43.8 Å². The average Bonchev–Trinajstić information content (AvgIpc) is 2.87. The molecule has 0 saturated heterocycles. The van der Waals surface area contributed by atoms with Gasteiger partial charge in [-0.15, -0.1) is 0 Å². The first-order valence-electron chi connectivity index (χ1n) is 10.1. The van der Waals surface area contributed by atoms with Crippen LogP contribution >= 0.6 is 31.9 Å². The molecule has 0 spiro atoms. The standard InChI is InChI=1S/C12H9BrFN3O2.C11H8BrFN4O/c1-19-12(18)10-11(15)16-5-9(17-10)7-4-6(13)2-3-8(7)14;12-5-1-2-7(13)6(3-5)8-4-16-10(14)9(17-8)11(15)18/h2-5H,1H3,(H2,15,16);1-4H,(H2,14,16)(H2,15,18). The number of aromatic nitrogens is 4. The normalized spacial score (nSPS) is 10.3. The summed E-state index contributed by atoms with van der Waals surface area (Å²) in [6, 6.07) is 8.75. The van der Waals surface area contributed by atoms with Crippen molar-refractivity contribution in [1.82, 2.24) is 19.9 Å². The molecule has 0 unspecified atom stereocenters. The Balaban J connectivity index is 0.000000206. The number of amides is 1. The number of anilines is 2. The number of hydrogen-bond donors (Lipinski definition) is 3. The number of carbonyl (C=O) groups excluding carboxylic acids is 2. The van der Waals surface area contributed by atoms with Crippen LogP contribution in [0.1, 0.15) is 21.0 Å². The SMILES string of the molecule is COC(=O)c1nc(-c2cc(Br)ccc2F)cnc1N.NC(=O)c1nc(-c2cc(Br)ccc2F)cnc1N. The number of benzene rings is 2. The largest absolute Gasteiger partial charge is 0.464 e. The van der Waals surface area contributed by atoms with Crippen molar-refractivity contribution >= 4 is 55.4 Å². The Hall–Kier alpha value is -4.04. The first-order chi connectivity index (χ1) is 17.5. The molecule has 0 aliphatic heterocycles. The molecule has 0 fully saturated rings. The average molecular weight is 637 g/mol. The van der Waals surface area contributed by atoms with E-state index in [9.17, 15) is 18.4 Å². The van der Waals surface area contributed by atoms with Crippen LogP contribution in [0.15, 0.2) is 57.7 Å². The van der Waals surface area contributed by atoms with Crippen molar-refractivity contribution in [3.8, 4) is 22.5 Å². The van der Waals surface area contributed by atoms with Gasteiger partial charge in [0, 0.05) is 20.1 Å². The third kappa shape index (κ3) is 6.59. The number of esters is 1. The lowest BCUT2D eigenvalue weighted by Crippen LogP contribution is -2.17. The van der Waals surface area contributed by atoms with Crippen LogP contribution in [0.3, 0.4) is 0 Å². The summed E-state index contributed by atoms with van der Waals surface area (Å²) in [5, 5.41) is 0. The molecule has 2 heterocycles. The third-order valence-electron chi connectivity index (χ3n) is 4.62. The third-order valence-corrected chi connectivity index (χ3v) is 5.61. The van der Waals surface area contributed by atoms with Gasteiger partial charge in [-0.3, -0.25) is 4.79 Å². The minimum absolute atomic E-state index is 0.0639. The Bertz CT molecular complexity index is 1510. The number of nitrogen functional groups attached to an aromatic ring is 2. The number of methoxy groups -OCH3 is 1. The first-order valence-corrected chi connectivity index (χ1v) is 11.6. The highest BCUT2D eigenvalue weighted by Gasteiger charge is 2.17. The molecule has 4 aromatic rings. The molecule has 0 aliphatic rings. The Kier molecular flexibility index (Phi) is 8.78. The molecule has 190 valence electrons. The minimum atomic E-state index is -0.808. The minimum Gasteiger partial charge on any atom is -0.464 e. The van der Waals surface area contributed by atoms with Gasteiger partial charge in [0.2, 0.25) is 0 Å². The van der Waals surface area contributed by atoms with Crippen LogP contribution in [0, 0.1) is 11.6 Å². The summed E-state index contributed by atoms with van der Waals surface area (Å²) in [7, 11) is 1.20. The van der Waals surface area contributed by atoms with Gasteiger partial charge >= 0.3 is 5.97 Å². The van der Waals surface area contributed by atoms with Crippen LogP contribution in [-0.4, -0.2) is 38.9 Å². The zero-order chi connectivity index (χ0) is 27.3. The van der Waals surface area contributed by atoms with Crippen LogP contribution in [0.4, 0.5) is 20.4 Å². The van der Waals surface area contributed by atoms with Gasteiger partial charge in [0.05, 0.1) is 30.9 Å². The number of nitrogens with zero attached hydrogens (tertiary/aromatic N) is 4. The molecule has 10 nitrogen and oxygen atoms in total. The van der Waals surface area contributed by atoms with E-state index in [-0.39, 0.29) is 45.5 Å². The maximum Gasteiger partial charge on any atom is 0.360 e. The van der Waals surface area contributed by atoms with Crippen molar-refractivity contribution in [3.63, 3.8) is 0 Å². The van der Waals surface area contributed by atoms with E-state index >= 15 is 0 Å². The number of primary amides is 1. The van der Waals surface area contributed by atoms with Gasteiger partial charge in [0.15, 0.2) is 23.0 Å². The molecule has 14 heteroatoms. The van der Waals surface area contributed by atoms with E-state index in [1.807, 2.05) is 0 Å². The molecule has 2 aromatic heterocycles. The highest BCUT2D eigenvalue weighted by atomic mass is 79.9. The molecule has 0 bridgehead atoms. The van der Waals surface area contributed by atoms with Gasteiger partial charge in [0.1, 0.15) is 11.6 Å². The van der Waals surface area contributed by atoms with Crippen molar-refractivity contribution in [2.45, 2.75) is 0 Å². The molecule has 0 atom stereocenters. The van der Waals surface area contributed by atoms with Crippen molar-refractivity contribution < 1.29 is 23.1 Å². The number of nitrogens with two attached hydrogens (primary N) is 3. The van der Waals surface area contributed by atoms with Crippen LogP contribution < -0.4 is 17.2 Å². The molecule has 0 saturated carbocycles. The van der Waals surface area contributed by atoms with E-state index in [4.69, 9.17) is 17.2 Å². The van der Waals surface area contributed by atoms with Gasteiger partial charge in [-0.1, -0.05) is 31.9 Å². The fraction of sp³-hybridized carbons (Fsp3) is 0.0435. The fourth-order valence-electron chi connectivity index (χ4n) is 2.87. The van der Waals surface area contributed by atoms with Gasteiger partial charge in [-0.05, 0) is 36.4 Å². The Labute approximate surface area is 225 Å². The molecule has 0 aliphatic carbocycles. The van der Waals surface area contributed by atoms with E-state index in [0.29, 0.717) is 8.95 Å². The first kappa shape index (κ1) is 27.5. The van der Waals surface area contributed by atoms with Crippen LogP contribution in [-0.2, 0) is 4.74 Å². The molecule has 1 amide bonds. The number of halogens is 4. The summed E-state index contributed by atoms with van der Waals surface area (Å²) in [5.41, 5.74) is 16.6. The number of carbonyl (C=O) groups is 2. The Morgan fingerprint density at radius 3 is 1.68 bits per heavy atom. The summed E-state index contributed by atoms with van der Waals surface area (Å²) >= 11 is 6.46. The van der Waals surface area contributed by atoms with Crippen molar-refractivity contribution in [3.05, 3.63) is 80.8 Å². The molecule has 37 heavy (non-hydrogen) atoms. The van der Waals surface area contributed by atoms with Crippen molar-refractivity contribution in [2.75, 3.05) is 18.6 Å². The van der Waals surface area contributed by atoms with Crippen LogP contribution in [0.25, 0.3) is 22.5 Å². The number of hydrogen-bond acceptors (Lipinski definition) is 9. The van der Waals surface area contributed by atoms with E-state index < -0.39 is 23.5 Å². The zero-order valence-electron chi connectivity index (χ0n) is 18.9. The monoisotopic (exact) mass is 635 g/mol. The summed E-state index contributed by atoms with van der Waals surface area (Å²) < 4.78 is 33.3. The van der Waals surface area contributed by atoms with E-state index in [2.05, 4.69) is 56.5 Å². The molecule has 6 N–H and O–H groups in total. The van der Waals surface area contributed by atoms with Gasteiger partial charge in [0.25, 0.3) is 5.91 Å². The zero-order valence-corrected chi connectivity index (χ0v) is 22.0. The molecule has 2 aromatic carbocycles. The Morgan fingerprint density at radius 1 is 0.811 bits per heavy atom.